The summed E-state index contributed by atoms with van der Waals surface area (Å²) in [6, 6.07) is -0.0841. The zero-order chi connectivity index (χ0) is 83.9. The lowest BCUT2D eigenvalue weighted by Crippen LogP contribution is -2.41. The number of hydrogen-bond donors (Lipinski definition) is 20. The minimum Gasteiger partial charge on any atom is -0.396 e. The van der Waals surface area contributed by atoms with Crippen LogP contribution in [0.1, 0.15) is 69.1 Å². The molecule has 0 aromatic carbocycles. The van der Waals surface area contributed by atoms with E-state index < -0.39 is 90.8 Å². The molecule has 626 valence electrons. The first-order valence-corrected chi connectivity index (χ1v) is 36.1. The predicted octanol–water partition coefficient (Wildman–Crippen LogP) is -5.20. The van der Waals surface area contributed by atoms with Crippen molar-refractivity contribution in [2.45, 2.75) is 118 Å². The number of terminal acetylenes is 1. The maximum atomic E-state index is 13.3. The van der Waals surface area contributed by atoms with Gasteiger partial charge in [0.05, 0.1) is 122 Å². The third-order valence-corrected chi connectivity index (χ3v) is 20.0. The number of aliphatic hydroxyl groups excluding tert-OH is 9. The first kappa shape index (κ1) is 82.0. The van der Waals surface area contributed by atoms with Crippen LogP contribution < -0.4 is 62.1 Å². The molecule has 0 spiro atoms. The van der Waals surface area contributed by atoms with Crippen LogP contribution in [0.3, 0.4) is 0 Å². The third kappa shape index (κ3) is 16.2. The van der Waals surface area contributed by atoms with Crippen molar-refractivity contribution in [3.63, 3.8) is 0 Å². The van der Waals surface area contributed by atoms with Crippen molar-refractivity contribution in [2.75, 3.05) is 105 Å². The van der Waals surface area contributed by atoms with E-state index in [4.69, 9.17) is 95.0 Å². The van der Waals surface area contributed by atoms with Crippen LogP contribution in [0.4, 0.5) is 51.6 Å². The minimum atomic E-state index is -1.50. The summed E-state index contributed by atoms with van der Waals surface area (Å²) in [5.41, 5.74) is 42.0. The summed E-state index contributed by atoms with van der Waals surface area (Å²) >= 11 is 0. The van der Waals surface area contributed by atoms with Gasteiger partial charge in [0.25, 0.3) is 16.7 Å². The maximum absolute atomic E-state index is 13.3. The number of nitrogens with one attached hydrogen (secondary N) is 4. The van der Waals surface area contributed by atoms with Crippen molar-refractivity contribution in [1.82, 2.24) is 117 Å². The van der Waals surface area contributed by atoms with Crippen LogP contribution >= 0.6 is 0 Å². The van der Waals surface area contributed by atoms with Gasteiger partial charge in [-0.25, -0.2) is 29.9 Å². The highest BCUT2D eigenvalue weighted by Gasteiger charge is 2.48. The first-order valence-electron chi connectivity index (χ1n) is 36.1. The summed E-state index contributed by atoms with van der Waals surface area (Å²) < 4.78 is 60.7. The highest BCUT2D eigenvalue weighted by molar-refractivity contribution is 5.85. The molecular weight excluding hydrogens is 1560 g/mol. The second-order valence-corrected chi connectivity index (χ2v) is 27.5. The fraction of sp³-hybridized carbons (Fsp3) is 0.455. The number of nitrogens with zero attached hydrogens (tertiary/aromatic N) is 21. The second kappa shape index (κ2) is 33.9. The number of halogens is 1. The Morgan fingerprint density at radius 3 is 1.23 bits per heavy atom. The van der Waals surface area contributed by atoms with Gasteiger partial charge in [0.1, 0.15) is 17.8 Å². The highest BCUT2D eigenvalue weighted by Crippen LogP contribution is 2.43. The molecule has 7 aliphatic rings. The number of H-pyrrole nitrogens is 3. The second-order valence-electron chi connectivity index (χ2n) is 27.5. The fourth-order valence-electron chi connectivity index (χ4n) is 13.9. The smallest absolute Gasteiger partial charge is 0.312 e. The van der Waals surface area contributed by atoms with Crippen molar-refractivity contribution >= 4 is 114 Å². The lowest BCUT2D eigenvalue weighted by Gasteiger charge is -2.23. The lowest BCUT2D eigenvalue weighted by molar-refractivity contribution is -0.0981. The Labute approximate surface area is 659 Å². The van der Waals surface area contributed by atoms with Gasteiger partial charge in [0.15, 0.2) is 122 Å². The number of imidazole rings is 6. The highest BCUT2D eigenvalue weighted by atomic mass is 19.1. The lowest BCUT2D eigenvalue weighted by atomic mass is 9.99. The molecule has 27 N–H and O–H groups in total. The number of hydrogen-bond acceptors (Lipinski definition) is 42. The standard InChI is InChI=1S/C12H12FN5O3.C12H16N6O3.2C12H15N5O3.C9H12N6O3.C9H11N5O4/c1-2-12(4-19)6(20)3-7(21-12)18-5-15-8-9(14)16-11(13)17-10(8)18;13-12-16-10(15-6-1-2-6)9-11(17-12)18(5-14-9)7-4-20-8(3-19)21-7;2*1-5-6(3-18)8(19)2-7(5)17-4-14-9-10(17)15-12(13)16-11(9)20;10-7-6-8(14-9(11)13-7)15(3-12-6)4-2-17-5(1-16)18-4;10-9-12-7-6(8(16)13-9)11-3-14(7)4-2-17-5(1-15)18-4/h1,5-7,19-20H,3-4H2,(H2,14,16,17);5-8,19H,1-4H2,(H3,13,15,16,17);2*4,6-8,18-19H,1-3H2,(H3,13,15,16,20);3-5,16H,1-2H2,(H4,10,11,13,14);3-5,15H,1-2H2,(H3,10,12,13,16)/t6-,7+,12+;7-,8-;2*6-,7-,8-;2*4-,5-/m100011/s1. The summed E-state index contributed by atoms with van der Waals surface area (Å²) in [7, 11) is 0. The summed E-state index contributed by atoms with van der Waals surface area (Å²) in [5.74, 6) is 2.54. The number of fused-ring (bicyclic) bond motifs is 6. The van der Waals surface area contributed by atoms with E-state index in [0.717, 1.165) is 12.8 Å². The van der Waals surface area contributed by atoms with Gasteiger partial charge in [0, 0.05) is 24.3 Å². The quantitative estimate of drug-likeness (QED) is 0.0275. The number of nitrogens with two attached hydrogens (primary N) is 7. The van der Waals surface area contributed by atoms with Gasteiger partial charge in [-0.2, -0.15) is 49.2 Å². The van der Waals surface area contributed by atoms with Crippen LogP contribution in [0.2, 0.25) is 0 Å². The van der Waals surface area contributed by atoms with E-state index >= 15 is 0 Å². The summed E-state index contributed by atoms with van der Waals surface area (Å²) in [4.78, 5) is 102. The Hall–Kier alpha value is -12.6. The van der Waals surface area contributed by atoms with E-state index in [1.54, 1.807) is 29.2 Å². The number of aliphatic hydroxyl groups is 9. The molecule has 7 fully saturated rings. The minimum absolute atomic E-state index is 0.00636. The molecule has 19 rings (SSSR count). The van der Waals surface area contributed by atoms with E-state index in [-0.39, 0.29) is 145 Å². The average molecular weight is 1650 g/mol. The number of anilines is 8. The van der Waals surface area contributed by atoms with Crippen LogP contribution in [0.25, 0.3) is 67.0 Å². The Kier molecular flexibility index (Phi) is 23.6. The molecule has 16 heterocycles. The molecular formula is C66H81FN32O19. The molecule has 51 nitrogen and oxygen atoms in total. The molecule has 3 aliphatic carbocycles. The topological polar surface area (TPSA) is 762 Å². The van der Waals surface area contributed by atoms with Gasteiger partial charge in [0.2, 0.25) is 29.7 Å². The van der Waals surface area contributed by atoms with Crippen LogP contribution in [0, 0.1) is 30.3 Å². The molecule has 3 saturated carbocycles. The largest absolute Gasteiger partial charge is 0.396 e. The van der Waals surface area contributed by atoms with Crippen molar-refractivity contribution in [1.29, 1.82) is 0 Å². The van der Waals surface area contributed by atoms with Crippen LogP contribution in [-0.2, 0) is 33.2 Å². The molecule has 118 heavy (non-hydrogen) atoms. The molecule has 4 saturated heterocycles. The molecule has 0 radical (unpaired) electrons. The van der Waals surface area contributed by atoms with Crippen molar-refractivity contribution in [2.24, 2.45) is 11.8 Å². The SMILES string of the molecule is C#C[C@@]1(CO)O[C@H](n2cnc3c(N)nc(F)nc32)C[C@H]1O.C=C1[C@H](CO)[C@@H](O)C[C@@H]1n1cnc2c(=O)[nH]c(N)nc21.C=C1[C@H](CO)[C@@H](O)C[C@@H]1n1cnc2c(=O)[nH]c(N)nc21.Nc1nc(N)c2ncn([C@H]3CO[C@@H](CO)O3)c2n1.Nc1nc(NC2CC2)c2ncn([C@@H]3CO[C@H](CO)O3)c2n1.Nc1nc2c(ncn2[C@H]2CO[C@@H](CO)O2)c(=O)[nH]1. The van der Waals surface area contributed by atoms with E-state index in [0.29, 0.717) is 88.3 Å². The Balaban J connectivity index is 0.000000116. The summed E-state index contributed by atoms with van der Waals surface area (Å²) in [5, 5.41) is 88.0. The van der Waals surface area contributed by atoms with Gasteiger partial charge in [-0.1, -0.05) is 19.1 Å². The maximum Gasteiger partial charge on any atom is 0.312 e. The average Bonchev–Trinajstić information content (AvgIpc) is 1.63. The van der Waals surface area contributed by atoms with Crippen LogP contribution in [0.15, 0.2) is 76.7 Å². The van der Waals surface area contributed by atoms with E-state index in [1.165, 1.54) is 36.2 Å². The number of nitrogen functional groups attached to an aromatic ring is 7. The number of aromatic nitrogens is 24. The monoisotopic (exact) mass is 1640 g/mol. The van der Waals surface area contributed by atoms with E-state index in [9.17, 15) is 49.4 Å². The van der Waals surface area contributed by atoms with Gasteiger partial charge in [-0.05, 0) is 36.8 Å². The zero-order valence-corrected chi connectivity index (χ0v) is 61.9. The van der Waals surface area contributed by atoms with Crippen molar-refractivity contribution < 1.29 is 83.5 Å². The van der Waals surface area contributed by atoms with Crippen LogP contribution in [0.5, 0.6) is 0 Å². The van der Waals surface area contributed by atoms with Gasteiger partial charge in [-0.3, -0.25) is 47.6 Å². The predicted molar refractivity (Wildman–Crippen MR) is 407 cm³/mol. The molecule has 12 aromatic heterocycles. The zero-order valence-electron chi connectivity index (χ0n) is 61.9. The van der Waals surface area contributed by atoms with Gasteiger partial charge in [-0.15, -0.1) is 6.42 Å². The van der Waals surface area contributed by atoms with Gasteiger partial charge >= 0.3 is 6.08 Å². The third-order valence-electron chi connectivity index (χ3n) is 20.0. The fourth-order valence-corrected chi connectivity index (χ4v) is 13.9. The Bertz CT molecular complexity index is 5810. The molecule has 12 aromatic rings. The van der Waals surface area contributed by atoms with Crippen molar-refractivity contribution in [3.05, 3.63) is 99.4 Å². The van der Waals surface area contributed by atoms with E-state index in [1.807, 2.05) is 0 Å². The normalized spacial score (nSPS) is 25.9. The molecule has 15 atom stereocenters. The molecule has 4 aliphatic heterocycles. The molecule has 52 heteroatoms. The number of rotatable bonds is 14. The molecule has 0 bridgehead atoms. The molecule has 0 unspecified atom stereocenters. The Morgan fingerprint density at radius 2 is 0.847 bits per heavy atom. The summed E-state index contributed by atoms with van der Waals surface area (Å²) in [6.45, 7) is 7.22. The first-order chi connectivity index (χ1) is 56.7. The summed E-state index contributed by atoms with van der Waals surface area (Å²) in [6.07, 6.45) is 10.00. The molecule has 0 amide bonds. The van der Waals surface area contributed by atoms with Crippen molar-refractivity contribution in [3.8, 4) is 12.3 Å². The Morgan fingerprint density at radius 1 is 0.483 bits per heavy atom. The van der Waals surface area contributed by atoms with Crippen LogP contribution in [-0.4, -0.2) is 271 Å². The van der Waals surface area contributed by atoms with Gasteiger partial charge < -0.3 is 134 Å². The number of aromatic amines is 3. The van der Waals surface area contributed by atoms with E-state index in [2.05, 4.69) is 114 Å². The number of ether oxygens (including phenoxy) is 7.